The zero-order valence-corrected chi connectivity index (χ0v) is 14.2. The first kappa shape index (κ1) is 16.0. The minimum absolute atomic E-state index is 0.0962. The first-order valence-electron chi connectivity index (χ1n) is 7.83. The van der Waals surface area contributed by atoms with E-state index in [0.717, 1.165) is 36.1 Å². The van der Waals surface area contributed by atoms with Crippen LogP contribution < -0.4 is 16.2 Å². The Morgan fingerprint density at radius 2 is 1.71 bits per heavy atom. The monoisotopic (exact) mass is 291 g/mol. The Bertz CT molecular complexity index is 496. The van der Waals surface area contributed by atoms with Crippen LogP contribution in [0.25, 0.3) is 0 Å². The van der Waals surface area contributed by atoms with E-state index in [4.69, 9.17) is 10.8 Å². The van der Waals surface area contributed by atoms with Gasteiger partial charge in [-0.3, -0.25) is 0 Å². The highest BCUT2D eigenvalue weighted by atomic mass is 15.3. The number of hydrogen-bond donors (Lipinski definition) is 2. The summed E-state index contributed by atoms with van der Waals surface area (Å²) in [6, 6.07) is 0. The number of nitrogens with one attached hydrogen (secondary N) is 1. The fourth-order valence-electron chi connectivity index (χ4n) is 3.12. The summed E-state index contributed by atoms with van der Waals surface area (Å²) in [5.74, 6) is 9.63. The normalized spacial score (nSPS) is 23.3. The number of nitrogens with two attached hydrogens (primary N) is 1. The highest BCUT2D eigenvalue weighted by Crippen LogP contribution is 2.31. The molecule has 0 bridgehead atoms. The number of piperidine rings is 1. The number of nitrogens with zero attached hydrogens (tertiary/aromatic N) is 3. The molecule has 21 heavy (non-hydrogen) atoms. The number of aromatic nitrogens is 2. The predicted octanol–water partition coefficient (Wildman–Crippen LogP) is 2.85. The molecule has 0 radical (unpaired) electrons. The molecule has 1 saturated heterocycles. The highest BCUT2D eigenvalue weighted by molar-refractivity contribution is 5.58. The van der Waals surface area contributed by atoms with Gasteiger partial charge in [-0.05, 0) is 25.2 Å². The van der Waals surface area contributed by atoms with Gasteiger partial charge >= 0.3 is 0 Å². The summed E-state index contributed by atoms with van der Waals surface area (Å²) in [5, 5.41) is 0. The summed E-state index contributed by atoms with van der Waals surface area (Å²) in [7, 11) is 0. The van der Waals surface area contributed by atoms with Crippen LogP contribution in [0.5, 0.6) is 0 Å². The molecule has 5 heteroatoms. The minimum atomic E-state index is -0.0962. The minimum Gasteiger partial charge on any atom is -0.356 e. The van der Waals surface area contributed by atoms with Crippen molar-refractivity contribution >= 4 is 11.6 Å². The van der Waals surface area contributed by atoms with E-state index < -0.39 is 0 Å². The van der Waals surface area contributed by atoms with E-state index in [1.54, 1.807) is 0 Å². The van der Waals surface area contributed by atoms with Gasteiger partial charge in [0.1, 0.15) is 17.5 Å². The van der Waals surface area contributed by atoms with E-state index >= 15 is 0 Å². The predicted molar refractivity (Wildman–Crippen MR) is 88.4 cm³/mol. The second kappa shape index (κ2) is 5.79. The standard InChI is InChI=1S/C16H29N5/c1-10-7-11(2)9-21(8-10)14-12(3)13(20-17)18-15(19-14)16(4,5)6/h10-11H,7-9,17H2,1-6H3,(H,18,19,20). The lowest BCUT2D eigenvalue weighted by atomic mass is 9.91. The van der Waals surface area contributed by atoms with Crippen LogP contribution >= 0.6 is 0 Å². The number of anilines is 2. The maximum absolute atomic E-state index is 5.66. The van der Waals surface area contributed by atoms with Crippen LogP contribution in [0.2, 0.25) is 0 Å². The molecule has 118 valence electrons. The molecule has 2 heterocycles. The van der Waals surface area contributed by atoms with Gasteiger partial charge < -0.3 is 10.3 Å². The topological polar surface area (TPSA) is 67.1 Å². The molecule has 3 N–H and O–H groups in total. The van der Waals surface area contributed by atoms with Gasteiger partial charge in [0.05, 0.1) is 0 Å². The zero-order chi connectivity index (χ0) is 15.8. The van der Waals surface area contributed by atoms with Gasteiger partial charge in [-0.25, -0.2) is 15.8 Å². The Hall–Kier alpha value is -1.36. The molecule has 0 aromatic carbocycles. The summed E-state index contributed by atoms with van der Waals surface area (Å²) >= 11 is 0. The van der Waals surface area contributed by atoms with Crippen LogP contribution in [0.1, 0.15) is 52.4 Å². The van der Waals surface area contributed by atoms with Gasteiger partial charge in [0.25, 0.3) is 0 Å². The quantitative estimate of drug-likeness (QED) is 0.648. The lowest BCUT2D eigenvalue weighted by molar-refractivity contribution is 0.354. The molecule has 1 aliphatic rings. The molecule has 1 aromatic rings. The third-order valence-corrected chi connectivity index (χ3v) is 4.10. The van der Waals surface area contributed by atoms with E-state index in [1.165, 1.54) is 6.42 Å². The van der Waals surface area contributed by atoms with Gasteiger partial charge in [0, 0.05) is 24.1 Å². The van der Waals surface area contributed by atoms with Crippen molar-refractivity contribution in [3.63, 3.8) is 0 Å². The van der Waals surface area contributed by atoms with Crippen LogP contribution in [0, 0.1) is 18.8 Å². The van der Waals surface area contributed by atoms with Gasteiger partial charge in [0.15, 0.2) is 0 Å². The summed E-state index contributed by atoms with van der Waals surface area (Å²) in [4.78, 5) is 11.8. The maximum Gasteiger partial charge on any atom is 0.148 e. The fraction of sp³-hybridized carbons (Fsp3) is 0.750. The van der Waals surface area contributed by atoms with Gasteiger partial charge in [-0.15, -0.1) is 0 Å². The Balaban J connectivity index is 2.46. The zero-order valence-electron chi connectivity index (χ0n) is 14.2. The lowest BCUT2D eigenvalue weighted by Crippen LogP contribution is -2.40. The van der Waals surface area contributed by atoms with Crippen molar-refractivity contribution in [2.75, 3.05) is 23.4 Å². The SMILES string of the molecule is Cc1c(NN)nc(C(C)(C)C)nc1N1CC(C)CC(C)C1. The molecule has 0 aliphatic carbocycles. The van der Waals surface area contributed by atoms with Crippen molar-refractivity contribution < 1.29 is 0 Å². The molecular weight excluding hydrogens is 262 g/mol. The smallest absolute Gasteiger partial charge is 0.148 e. The van der Waals surface area contributed by atoms with Crippen molar-refractivity contribution in [1.82, 2.24) is 9.97 Å². The molecule has 0 spiro atoms. The molecule has 2 rings (SSSR count). The molecule has 1 aromatic heterocycles. The highest BCUT2D eigenvalue weighted by Gasteiger charge is 2.27. The van der Waals surface area contributed by atoms with Crippen molar-refractivity contribution in [3.05, 3.63) is 11.4 Å². The van der Waals surface area contributed by atoms with Crippen molar-refractivity contribution in [2.24, 2.45) is 17.7 Å². The average molecular weight is 291 g/mol. The van der Waals surface area contributed by atoms with Gasteiger partial charge in [-0.1, -0.05) is 34.6 Å². The molecule has 1 aliphatic heterocycles. The van der Waals surface area contributed by atoms with Gasteiger partial charge in [0.2, 0.25) is 0 Å². The van der Waals surface area contributed by atoms with Crippen molar-refractivity contribution in [1.29, 1.82) is 0 Å². The largest absolute Gasteiger partial charge is 0.356 e. The second-order valence-corrected chi connectivity index (χ2v) is 7.59. The summed E-state index contributed by atoms with van der Waals surface area (Å²) in [6.45, 7) is 15.2. The number of hydrazine groups is 1. The van der Waals surface area contributed by atoms with Crippen LogP contribution in [-0.2, 0) is 5.41 Å². The van der Waals surface area contributed by atoms with Crippen LogP contribution in [0.15, 0.2) is 0 Å². The first-order valence-corrected chi connectivity index (χ1v) is 7.83. The fourth-order valence-corrected chi connectivity index (χ4v) is 3.12. The van der Waals surface area contributed by atoms with E-state index in [1.807, 2.05) is 6.92 Å². The molecule has 0 amide bonds. The number of nitrogen functional groups attached to an aromatic ring is 1. The Morgan fingerprint density at radius 3 is 2.19 bits per heavy atom. The van der Waals surface area contributed by atoms with Crippen molar-refractivity contribution in [3.8, 4) is 0 Å². The molecule has 5 nitrogen and oxygen atoms in total. The molecule has 1 fully saturated rings. The molecule has 2 atom stereocenters. The third kappa shape index (κ3) is 3.46. The Kier molecular flexibility index (Phi) is 4.42. The maximum atomic E-state index is 5.66. The van der Waals surface area contributed by atoms with Crippen LogP contribution in [-0.4, -0.2) is 23.1 Å². The second-order valence-electron chi connectivity index (χ2n) is 7.59. The Morgan fingerprint density at radius 1 is 1.14 bits per heavy atom. The van der Waals surface area contributed by atoms with E-state index in [0.29, 0.717) is 11.8 Å². The van der Waals surface area contributed by atoms with Gasteiger partial charge in [-0.2, -0.15) is 0 Å². The van der Waals surface area contributed by atoms with E-state index in [9.17, 15) is 0 Å². The summed E-state index contributed by atoms with van der Waals surface area (Å²) in [5.41, 5.74) is 3.67. The third-order valence-electron chi connectivity index (χ3n) is 4.10. The molecule has 2 unspecified atom stereocenters. The first-order chi connectivity index (χ1) is 9.72. The van der Waals surface area contributed by atoms with E-state index in [2.05, 4.69) is 49.9 Å². The van der Waals surface area contributed by atoms with E-state index in [-0.39, 0.29) is 5.41 Å². The van der Waals surface area contributed by atoms with Crippen LogP contribution in [0.3, 0.4) is 0 Å². The summed E-state index contributed by atoms with van der Waals surface area (Å²) in [6.07, 6.45) is 1.29. The molecule has 0 saturated carbocycles. The van der Waals surface area contributed by atoms with Crippen molar-refractivity contribution in [2.45, 2.75) is 53.4 Å². The molecular formula is C16H29N5. The summed E-state index contributed by atoms with van der Waals surface area (Å²) < 4.78 is 0. The average Bonchev–Trinajstić information content (AvgIpc) is 2.36. The lowest BCUT2D eigenvalue weighted by Gasteiger charge is -2.37. The number of hydrogen-bond acceptors (Lipinski definition) is 5. The Labute approximate surface area is 128 Å². The number of rotatable bonds is 2. The van der Waals surface area contributed by atoms with Crippen LogP contribution in [0.4, 0.5) is 11.6 Å².